The van der Waals surface area contributed by atoms with Crippen molar-refractivity contribution in [1.82, 2.24) is 19.9 Å². The summed E-state index contributed by atoms with van der Waals surface area (Å²) < 4.78 is 5.46. The van der Waals surface area contributed by atoms with Crippen LogP contribution in [0.25, 0.3) is 22.0 Å². The van der Waals surface area contributed by atoms with Gasteiger partial charge in [0.15, 0.2) is 0 Å². The van der Waals surface area contributed by atoms with Crippen LogP contribution in [0, 0.1) is 0 Å². The Hall–Kier alpha value is -3.79. The lowest BCUT2D eigenvalue weighted by Crippen LogP contribution is -2.49. The predicted octanol–water partition coefficient (Wildman–Crippen LogP) is 2.20. The minimum atomic E-state index is -0.453. The second kappa shape index (κ2) is 10.9. The highest BCUT2D eigenvalue weighted by Gasteiger charge is 2.24. The predicted molar refractivity (Wildman–Crippen MR) is 137 cm³/mol. The first-order valence-electron chi connectivity index (χ1n) is 12.4. The average Bonchev–Trinajstić information content (AvgIpc) is 2.92. The van der Waals surface area contributed by atoms with E-state index in [1.54, 1.807) is 11.1 Å². The molecule has 188 valence electrons. The summed E-state index contributed by atoms with van der Waals surface area (Å²) >= 11 is 0. The summed E-state index contributed by atoms with van der Waals surface area (Å²) in [5.74, 6) is 1.22. The maximum atomic E-state index is 12.4. The largest absolute Gasteiger partial charge is 0.381 e. The van der Waals surface area contributed by atoms with Crippen LogP contribution in [0.15, 0.2) is 42.9 Å². The first kappa shape index (κ1) is 23.9. The van der Waals surface area contributed by atoms with E-state index in [1.165, 1.54) is 0 Å². The molecule has 36 heavy (non-hydrogen) atoms. The number of aromatic nitrogens is 3. The van der Waals surface area contributed by atoms with Gasteiger partial charge in [0, 0.05) is 93.2 Å². The smallest absolute Gasteiger partial charge is 0.223 e. The summed E-state index contributed by atoms with van der Waals surface area (Å²) in [5, 5.41) is 5.56. The maximum Gasteiger partial charge on any atom is 0.223 e. The van der Waals surface area contributed by atoms with Crippen LogP contribution in [-0.4, -0.2) is 77.1 Å². The number of amides is 2. The Morgan fingerprint density at radius 2 is 1.86 bits per heavy atom. The van der Waals surface area contributed by atoms with Gasteiger partial charge in [-0.2, -0.15) is 0 Å². The van der Waals surface area contributed by atoms with Gasteiger partial charge in [-0.15, -0.1) is 0 Å². The number of nitrogens with one attached hydrogen (secondary N) is 1. The Morgan fingerprint density at radius 3 is 2.64 bits per heavy atom. The zero-order valence-corrected chi connectivity index (χ0v) is 20.2. The molecule has 2 fully saturated rings. The molecule has 3 aromatic rings. The van der Waals surface area contributed by atoms with Crippen molar-refractivity contribution in [2.75, 3.05) is 49.6 Å². The molecule has 2 aliphatic rings. The number of rotatable bonds is 7. The van der Waals surface area contributed by atoms with E-state index in [2.05, 4.69) is 26.3 Å². The molecule has 0 aromatic carbocycles. The number of pyridine rings is 3. The van der Waals surface area contributed by atoms with Crippen LogP contribution in [0.2, 0.25) is 0 Å². The minimum Gasteiger partial charge on any atom is -0.381 e. The van der Waals surface area contributed by atoms with Crippen molar-refractivity contribution < 1.29 is 14.3 Å². The Kier molecular flexibility index (Phi) is 7.22. The minimum absolute atomic E-state index is 0.0365. The van der Waals surface area contributed by atoms with Gasteiger partial charge in [0.25, 0.3) is 0 Å². The molecule has 3 aromatic heterocycles. The first-order valence-corrected chi connectivity index (χ1v) is 12.4. The third-order valence-corrected chi connectivity index (χ3v) is 6.76. The van der Waals surface area contributed by atoms with Crippen molar-refractivity contribution in [3.63, 3.8) is 0 Å². The summed E-state index contributed by atoms with van der Waals surface area (Å²) in [4.78, 5) is 41.4. The lowest BCUT2D eigenvalue weighted by Gasteiger charge is -2.36. The molecule has 0 aliphatic carbocycles. The molecule has 0 atom stereocenters. The zero-order valence-electron chi connectivity index (χ0n) is 20.2. The van der Waals surface area contributed by atoms with E-state index in [0.29, 0.717) is 32.2 Å². The number of nitrogens with two attached hydrogens (primary N) is 1. The topological polar surface area (TPSA) is 127 Å². The standard InChI is InChI=1S/C26H31N7O3/c27-23(34)1-2-25(35)32-9-11-33(12-10-32)26-21-4-7-28-17-19(21)15-22(31-26)18-3-8-29-24(16-18)30-20-5-13-36-14-6-20/h3-4,7-8,15-17,20H,1-2,5-6,9-14H2,(H2,27,34)(H,29,30). The van der Waals surface area contributed by atoms with E-state index in [4.69, 9.17) is 15.5 Å². The number of anilines is 2. The SMILES string of the molecule is NC(=O)CCC(=O)N1CCN(c2nc(-c3ccnc(NC4CCOCC4)c3)cc3cnccc23)CC1. The lowest BCUT2D eigenvalue weighted by molar-refractivity contribution is -0.133. The van der Waals surface area contributed by atoms with Crippen LogP contribution >= 0.6 is 0 Å². The molecular weight excluding hydrogens is 458 g/mol. The van der Waals surface area contributed by atoms with Gasteiger partial charge in [-0.05, 0) is 37.1 Å². The molecule has 2 aliphatic heterocycles. The highest BCUT2D eigenvalue weighted by atomic mass is 16.5. The molecule has 0 saturated carbocycles. The molecule has 10 nitrogen and oxygen atoms in total. The van der Waals surface area contributed by atoms with E-state index in [0.717, 1.165) is 59.7 Å². The van der Waals surface area contributed by atoms with Crippen molar-refractivity contribution in [3.8, 4) is 11.3 Å². The molecule has 0 unspecified atom stereocenters. The number of hydrogen-bond donors (Lipinski definition) is 2. The van der Waals surface area contributed by atoms with Crippen molar-refractivity contribution >= 4 is 34.2 Å². The van der Waals surface area contributed by atoms with Gasteiger partial charge in [-0.25, -0.2) is 9.97 Å². The third-order valence-electron chi connectivity index (χ3n) is 6.76. The fourth-order valence-electron chi connectivity index (χ4n) is 4.74. The third kappa shape index (κ3) is 5.54. The summed E-state index contributed by atoms with van der Waals surface area (Å²) in [5.41, 5.74) is 7.02. The van der Waals surface area contributed by atoms with Crippen LogP contribution in [0.1, 0.15) is 25.7 Å². The Bertz CT molecular complexity index is 1240. The molecule has 3 N–H and O–H groups in total. The Balaban J connectivity index is 1.37. The number of ether oxygens (including phenoxy) is 1. The second-order valence-electron chi connectivity index (χ2n) is 9.22. The average molecular weight is 490 g/mol. The molecule has 2 saturated heterocycles. The van der Waals surface area contributed by atoms with E-state index in [1.807, 2.05) is 30.6 Å². The number of hydrogen-bond acceptors (Lipinski definition) is 8. The van der Waals surface area contributed by atoms with Crippen LogP contribution < -0.4 is 16.0 Å². The number of nitrogens with zero attached hydrogens (tertiary/aromatic N) is 5. The second-order valence-corrected chi connectivity index (χ2v) is 9.22. The molecular formula is C26H31N7O3. The maximum absolute atomic E-state index is 12.4. The monoisotopic (exact) mass is 489 g/mol. The summed E-state index contributed by atoms with van der Waals surface area (Å²) in [6.45, 7) is 4.00. The fourth-order valence-corrected chi connectivity index (χ4v) is 4.74. The van der Waals surface area contributed by atoms with Gasteiger partial charge in [0.1, 0.15) is 11.6 Å². The van der Waals surface area contributed by atoms with E-state index >= 15 is 0 Å². The van der Waals surface area contributed by atoms with Gasteiger partial charge >= 0.3 is 0 Å². The van der Waals surface area contributed by atoms with Crippen molar-refractivity contribution in [2.24, 2.45) is 5.73 Å². The molecule has 5 rings (SSSR count). The molecule has 0 radical (unpaired) electrons. The van der Waals surface area contributed by atoms with Crippen LogP contribution in [0.4, 0.5) is 11.6 Å². The van der Waals surface area contributed by atoms with Crippen molar-refractivity contribution in [3.05, 3.63) is 42.9 Å². The van der Waals surface area contributed by atoms with Gasteiger partial charge in [0.2, 0.25) is 11.8 Å². The molecule has 5 heterocycles. The Morgan fingerprint density at radius 1 is 1.06 bits per heavy atom. The highest BCUT2D eigenvalue weighted by Crippen LogP contribution is 2.31. The summed E-state index contributed by atoms with van der Waals surface area (Å²) in [6, 6.07) is 8.41. The number of carbonyl (C=O) groups excluding carboxylic acids is 2. The van der Waals surface area contributed by atoms with Gasteiger partial charge in [-0.1, -0.05) is 0 Å². The quantitative estimate of drug-likeness (QED) is 0.517. The van der Waals surface area contributed by atoms with E-state index < -0.39 is 5.91 Å². The van der Waals surface area contributed by atoms with Gasteiger partial charge in [-0.3, -0.25) is 14.6 Å². The fraction of sp³-hybridized carbons (Fsp3) is 0.423. The number of fused-ring (bicyclic) bond motifs is 1. The molecule has 2 amide bonds. The number of primary amides is 1. The highest BCUT2D eigenvalue weighted by molar-refractivity contribution is 5.94. The molecule has 0 spiro atoms. The first-order chi connectivity index (χ1) is 17.6. The normalized spacial score (nSPS) is 16.8. The molecule has 10 heteroatoms. The van der Waals surface area contributed by atoms with Crippen LogP contribution in [-0.2, 0) is 14.3 Å². The number of piperazine rings is 1. The van der Waals surface area contributed by atoms with E-state index in [-0.39, 0.29) is 18.7 Å². The molecule has 0 bridgehead atoms. The van der Waals surface area contributed by atoms with Crippen LogP contribution in [0.5, 0.6) is 0 Å². The summed E-state index contributed by atoms with van der Waals surface area (Å²) in [7, 11) is 0. The van der Waals surface area contributed by atoms with E-state index in [9.17, 15) is 9.59 Å². The van der Waals surface area contributed by atoms with Crippen molar-refractivity contribution in [2.45, 2.75) is 31.7 Å². The van der Waals surface area contributed by atoms with Gasteiger partial charge < -0.3 is 25.6 Å². The Labute approximate surface area is 209 Å². The van der Waals surface area contributed by atoms with Gasteiger partial charge in [0.05, 0.1) is 5.69 Å². The summed E-state index contributed by atoms with van der Waals surface area (Å²) in [6.07, 6.45) is 7.61. The zero-order chi connectivity index (χ0) is 24.9. The number of carbonyl (C=O) groups is 2. The lowest BCUT2D eigenvalue weighted by atomic mass is 10.1. The van der Waals surface area contributed by atoms with Crippen LogP contribution in [0.3, 0.4) is 0 Å². The van der Waals surface area contributed by atoms with Crippen molar-refractivity contribution in [1.29, 1.82) is 0 Å².